The first-order valence-corrected chi connectivity index (χ1v) is 7.83. The summed E-state index contributed by atoms with van der Waals surface area (Å²) in [4.78, 5) is 10.9. The van der Waals surface area contributed by atoms with Gasteiger partial charge in [0.1, 0.15) is 17.1 Å². The van der Waals surface area contributed by atoms with E-state index in [1.54, 1.807) is 0 Å². The average molecular weight is 406 g/mol. The van der Waals surface area contributed by atoms with Crippen molar-refractivity contribution in [2.45, 2.75) is 24.4 Å². The maximum atomic E-state index is 13.5. The maximum Gasteiger partial charge on any atom is 0.416 e. The lowest BCUT2D eigenvalue weighted by Crippen LogP contribution is -2.20. The number of carbonyl (C=O) groups is 1. The Bertz CT molecular complexity index is 882. The molecule has 0 saturated carbocycles. The lowest BCUT2D eigenvalue weighted by molar-refractivity contribution is -0.142. The lowest BCUT2D eigenvalue weighted by Gasteiger charge is -2.19. The highest BCUT2D eigenvalue weighted by atomic mass is 19.4. The van der Waals surface area contributed by atoms with Crippen molar-refractivity contribution in [2.24, 2.45) is 0 Å². The van der Waals surface area contributed by atoms with Crippen LogP contribution in [0.4, 0.5) is 26.3 Å². The quantitative estimate of drug-likeness (QED) is 0.547. The Morgan fingerprint density at radius 2 is 1.57 bits per heavy atom. The van der Waals surface area contributed by atoms with E-state index in [1.807, 2.05) is 0 Å². The molecule has 0 aliphatic carbocycles. The summed E-state index contributed by atoms with van der Waals surface area (Å²) in [5.74, 6) is -1.66. The molecule has 1 fully saturated rings. The van der Waals surface area contributed by atoms with E-state index < -0.39 is 41.5 Å². The molecule has 4 nitrogen and oxygen atoms in total. The number of alkyl halides is 6. The van der Waals surface area contributed by atoms with Crippen LogP contribution in [-0.4, -0.2) is 17.7 Å². The van der Waals surface area contributed by atoms with Crippen LogP contribution in [0.15, 0.2) is 42.5 Å². The third kappa shape index (κ3) is 4.22. The maximum absolute atomic E-state index is 13.5. The summed E-state index contributed by atoms with van der Waals surface area (Å²) in [6.07, 6.45) is -9.99. The van der Waals surface area contributed by atoms with Gasteiger partial charge in [-0.1, -0.05) is 6.07 Å². The molecular weight excluding hydrogens is 394 g/mol. The molecule has 10 heteroatoms. The molecule has 1 N–H and O–H groups in total. The molecule has 0 aromatic heterocycles. The largest absolute Gasteiger partial charge is 0.481 e. The molecular formula is C18H12F6O4. The zero-order valence-electron chi connectivity index (χ0n) is 13.9. The number of aliphatic carboxylic acids is 1. The summed E-state index contributed by atoms with van der Waals surface area (Å²) < 4.78 is 88.3. The molecule has 0 amide bonds. The highest BCUT2D eigenvalue weighted by Gasteiger charge is 2.52. The third-order valence-electron chi connectivity index (χ3n) is 4.13. The molecule has 3 rings (SSSR count). The molecule has 1 aliphatic heterocycles. The van der Waals surface area contributed by atoms with Crippen molar-refractivity contribution in [3.8, 4) is 11.5 Å². The van der Waals surface area contributed by atoms with Gasteiger partial charge in [0.15, 0.2) is 0 Å². The fourth-order valence-corrected chi connectivity index (χ4v) is 2.75. The van der Waals surface area contributed by atoms with E-state index in [1.165, 1.54) is 6.07 Å². The van der Waals surface area contributed by atoms with Crippen molar-refractivity contribution in [1.29, 1.82) is 0 Å². The first kappa shape index (κ1) is 20.0. The highest BCUT2D eigenvalue weighted by molar-refractivity contribution is 5.69. The van der Waals surface area contributed by atoms with Crippen LogP contribution < -0.4 is 4.74 Å². The smallest absolute Gasteiger partial charge is 0.416 e. The minimum Gasteiger partial charge on any atom is -0.481 e. The van der Waals surface area contributed by atoms with Crippen molar-refractivity contribution < 1.29 is 45.7 Å². The van der Waals surface area contributed by atoms with Crippen LogP contribution in [0.1, 0.15) is 23.1 Å². The Labute approximate surface area is 154 Å². The summed E-state index contributed by atoms with van der Waals surface area (Å²) in [5, 5.41) is 8.91. The van der Waals surface area contributed by atoms with Crippen LogP contribution in [0.25, 0.3) is 0 Å². The number of carboxylic acid groups (broad SMARTS) is 1. The van der Waals surface area contributed by atoms with Crippen molar-refractivity contribution in [3.05, 3.63) is 59.2 Å². The Balaban J connectivity index is 1.91. The Morgan fingerprint density at radius 1 is 1.00 bits per heavy atom. The van der Waals surface area contributed by atoms with Gasteiger partial charge in [-0.25, -0.2) is 0 Å². The first-order chi connectivity index (χ1) is 12.9. The fourth-order valence-electron chi connectivity index (χ4n) is 2.75. The van der Waals surface area contributed by atoms with Gasteiger partial charge in [0, 0.05) is 0 Å². The molecule has 28 heavy (non-hydrogen) atoms. The van der Waals surface area contributed by atoms with Crippen LogP contribution >= 0.6 is 0 Å². The summed E-state index contributed by atoms with van der Waals surface area (Å²) in [7, 11) is 0. The van der Waals surface area contributed by atoms with Gasteiger partial charge in [0.05, 0.1) is 24.2 Å². The normalized spacial score (nSPS) is 19.4. The number of carboxylic acids is 1. The number of benzene rings is 2. The van der Waals surface area contributed by atoms with Crippen molar-refractivity contribution in [1.82, 2.24) is 0 Å². The lowest BCUT2D eigenvalue weighted by atomic mass is 9.91. The number of halogens is 6. The summed E-state index contributed by atoms with van der Waals surface area (Å²) in [6, 6.07) is 6.35. The van der Waals surface area contributed by atoms with E-state index in [4.69, 9.17) is 14.6 Å². The molecule has 0 radical (unpaired) electrons. The van der Waals surface area contributed by atoms with E-state index >= 15 is 0 Å². The van der Waals surface area contributed by atoms with Crippen LogP contribution in [0.3, 0.4) is 0 Å². The van der Waals surface area contributed by atoms with Crippen molar-refractivity contribution in [3.63, 3.8) is 0 Å². The monoisotopic (exact) mass is 406 g/mol. The van der Waals surface area contributed by atoms with Crippen molar-refractivity contribution in [2.75, 3.05) is 6.61 Å². The Morgan fingerprint density at radius 3 is 2.04 bits per heavy atom. The standard InChI is InChI=1S/C18H12F6O4/c19-17(20,21)10-1-3-11(4-2-10)28-12-5-6-13(14(7-12)18(22,23)24)16(9-27-16)8-15(25)26/h1-7H,8-9H2,(H,25,26). The molecule has 1 aliphatic rings. The van der Waals surface area contributed by atoms with E-state index in [9.17, 15) is 31.1 Å². The third-order valence-corrected chi connectivity index (χ3v) is 4.13. The van der Waals surface area contributed by atoms with E-state index in [0.29, 0.717) is 6.07 Å². The predicted molar refractivity (Wildman–Crippen MR) is 82.8 cm³/mol. The fraction of sp³-hybridized carbons (Fsp3) is 0.278. The van der Waals surface area contributed by atoms with E-state index in [2.05, 4.69) is 0 Å². The zero-order chi connectivity index (χ0) is 20.7. The second-order valence-corrected chi connectivity index (χ2v) is 6.18. The summed E-state index contributed by atoms with van der Waals surface area (Å²) in [6.45, 7) is -0.165. The molecule has 1 atom stereocenters. The highest BCUT2D eigenvalue weighted by Crippen LogP contribution is 2.48. The van der Waals surface area contributed by atoms with Crippen LogP contribution in [0.5, 0.6) is 11.5 Å². The Hall–Kier alpha value is -2.75. The Kier molecular flexibility index (Phi) is 4.78. The van der Waals surface area contributed by atoms with E-state index in [-0.39, 0.29) is 23.7 Å². The molecule has 2 aromatic rings. The number of epoxide rings is 1. The predicted octanol–water partition coefficient (Wildman–Crippen LogP) is 5.22. The number of hydrogen-bond donors (Lipinski definition) is 1. The molecule has 1 heterocycles. The van der Waals surface area contributed by atoms with Crippen LogP contribution in [0, 0.1) is 0 Å². The van der Waals surface area contributed by atoms with Gasteiger partial charge in [-0.15, -0.1) is 0 Å². The van der Waals surface area contributed by atoms with Gasteiger partial charge in [0.25, 0.3) is 0 Å². The second kappa shape index (κ2) is 6.69. The van der Waals surface area contributed by atoms with Crippen LogP contribution in [-0.2, 0) is 27.5 Å². The minimum atomic E-state index is -4.81. The van der Waals surface area contributed by atoms with Gasteiger partial charge < -0.3 is 14.6 Å². The van der Waals surface area contributed by atoms with Crippen molar-refractivity contribution >= 4 is 5.97 Å². The van der Waals surface area contributed by atoms with Gasteiger partial charge in [-0.3, -0.25) is 4.79 Å². The number of hydrogen-bond acceptors (Lipinski definition) is 3. The van der Waals surface area contributed by atoms with Gasteiger partial charge in [-0.05, 0) is 42.0 Å². The minimum absolute atomic E-state index is 0.0863. The molecule has 1 saturated heterocycles. The van der Waals surface area contributed by atoms with Crippen LogP contribution in [0.2, 0.25) is 0 Å². The summed E-state index contributed by atoms with van der Waals surface area (Å²) >= 11 is 0. The van der Waals surface area contributed by atoms with Gasteiger partial charge in [-0.2, -0.15) is 26.3 Å². The molecule has 150 valence electrons. The number of rotatable bonds is 5. The second-order valence-electron chi connectivity index (χ2n) is 6.18. The average Bonchev–Trinajstić information content (AvgIpc) is 3.33. The first-order valence-electron chi connectivity index (χ1n) is 7.83. The summed E-state index contributed by atoms with van der Waals surface area (Å²) in [5.41, 5.74) is -3.94. The zero-order valence-corrected chi connectivity index (χ0v) is 13.9. The SMILES string of the molecule is O=C(O)CC1(c2ccc(Oc3ccc(C(F)(F)F)cc3)cc2C(F)(F)F)CO1. The molecule has 1 unspecified atom stereocenters. The topological polar surface area (TPSA) is 59.1 Å². The van der Waals surface area contributed by atoms with Gasteiger partial charge in [0.2, 0.25) is 0 Å². The molecule has 0 spiro atoms. The van der Waals surface area contributed by atoms with E-state index in [0.717, 1.165) is 30.3 Å². The van der Waals surface area contributed by atoms with Gasteiger partial charge >= 0.3 is 18.3 Å². The molecule has 0 bridgehead atoms. The number of ether oxygens (including phenoxy) is 2. The molecule has 2 aromatic carbocycles.